The molecule has 0 fully saturated rings. The van der Waals surface area contributed by atoms with Gasteiger partial charge in [0.1, 0.15) is 5.60 Å². The number of sulfone groups is 1. The molecule has 192 valence electrons. The Bertz CT molecular complexity index is 1220. The SMILES string of the molecule is Cc1nc(NC(=O)CCC(CNC(=O)OC(C)(C)C)C(=O)O)sc1-c1ccc(Cl)c(S(C)(=O)=O)c1. The fourth-order valence-electron chi connectivity index (χ4n) is 2.97. The van der Waals surface area contributed by atoms with Crippen LogP contribution >= 0.6 is 22.9 Å². The monoisotopic (exact) mass is 545 g/mol. The summed E-state index contributed by atoms with van der Waals surface area (Å²) in [5.74, 6) is -2.57. The molecule has 1 heterocycles. The number of amides is 2. The number of nitrogens with zero attached hydrogens (tertiary/aromatic N) is 1. The van der Waals surface area contributed by atoms with Gasteiger partial charge >= 0.3 is 12.1 Å². The minimum Gasteiger partial charge on any atom is -0.481 e. The fourth-order valence-corrected chi connectivity index (χ4v) is 5.25. The fraction of sp³-hybridized carbons (Fsp3) is 0.455. The van der Waals surface area contributed by atoms with Gasteiger partial charge in [-0.3, -0.25) is 9.59 Å². The molecule has 0 bridgehead atoms. The van der Waals surface area contributed by atoms with Gasteiger partial charge in [0.05, 0.1) is 26.4 Å². The van der Waals surface area contributed by atoms with Gasteiger partial charge in [-0.25, -0.2) is 18.2 Å². The van der Waals surface area contributed by atoms with Crippen LogP contribution in [0, 0.1) is 12.8 Å². The molecule has 2 aromatic rings. The Kier molecular flexibility index (Phi) is 9.26. The highest BCUT2D eigenvalue weighted by atomic mass is 35.5. The molecule has 0 aliphatic rings. The maximum atomic E-state index is 12.4. The third-order valence-corrected chi connectivity index (χ3v) is 7.30. The van der Waals surface area contributed by atoms with Crippen LogP contribution in [-0.2, 0) is 24.2 Å². The second-order valence-corrected chi connectivity index (χ2v) is 12.2. The number of hydrogen-bond acceptors (Lipinski definition) is 8. The summed E-state index contributed by atoms with van der Waals surface area (Å²) in [7, 11) is -3.53. The van der Waals surface area contributed by atoms with Crippen LogP contribution in [-0.4, -0.2) is 54.9 Å². The number of thiazole rings is 1. The minimum absolute atomic E-state index is 0.00486. The summed E-state index contributed by atoms with van der Waals surface area (Å²) in [6.45, 7) is 6.61. The number of aliphatic carboxylic acids is 1. The quantitative estimate of drug-likeness (QED) is 0.425. The average molecular weight is 546 g/mol. The number of ether oxygens (including phenoxy) is 1. The number of carbonyl (C=O) groups excluding carboxylic acids is 2. The zero-order chi connectivity index (χ0) is 26.6. The van der Waals surface area contributed by atoms with Crippen molar-refractivity contribution >= 4 is 55.9 Å². The molecule has 0 spiro atoms. The molecular weight excluding hydrogens is 518 g/mol. The first-order chi connectivity index (χ1) is 16.1. The topological polar surface area (TPSA) is 152 Å². The van der Waals surface area contributed by atoms with E-state index in [-0.39, 0.29) is 34.4 Å². The second kappa shape index (κ2) is 11.4. The number of anilines is 1. The van der Waals surface area contributed by atoms with Crippen molar-refractivity contribution in [3.05, 3.63) is 28.9 Å². The van der Waals surface area contributed by atoms with Crippen molar-refractivity contribution in [1.29, 1.82) is 0 Å². The summed E-state index contributed by atoms with van der Waals surface area (Å²) in [6.07, 6.45) is 0.208. The Morgan fingerprint density at radius 1 is 1.26 bits per heavy atom. The molecule has 1 aromatic heterocycles. The summed E-state index contributed by atoms with van der Waals surface area (Å²) in [5.41, 5.74) is 0.452. The van der Waals surface area contributed by atoms with Gasteiger partial charge in [0, 0.05) is 19.2 Å². The van der Waals surface area contributed by atoms with E-state index in [4.69, 9.17) is 16.3 Å². The van der Waals surface area contributed by atoms with Crippen molar-refractivity contribution in [2.75, 3.05) is 18.1 Å². The van der Waals surface area contributed by atoms with Crippen molar-refractivity contribution in [2.45, 2.75) is 51.0 Å². The Hall–Kier alpha value is -2.70. The Morgan fingerprint density at radius 2 is 1.91 bits per heavy atom. The van der Waals surface area contributed by atoms with E-state index >= 15 is 0 Å². The normalized spacial score (nSPS) is 12.6. The number of hydrogen-bond donors (Lipinski definition) is 3. The average Bonchev–Trinajstić information content (AvgIpc) is 3.05. The number of carbonyl (C=O) groups is 3. The van der Waals surface area contributed by atoms with E-state index in [0.717, 1.165) is 17.6 Å². The van der Waals surface area contributed by atoms with Gasteiger partial charge in [-0.05, 0) is 51.8 Å². The van der Waals surface area contributed by atoms with Crippen LogP contribution in [0.15, 0.2) is 23.1 Å². The van der Waals surface area contributed by atoms with Crippen molar-refractivity contribution in [2.24, 2.45) is 5.92 Å². The van der Waals surface area contributed by atoms with Crippen LogP contribution in [0.1, 0.15) is 39.3 Å². The molecule has 10 nitrogen and oxygen atoms in total. The standard InChI is InChI=1S/C22H28ClN3O7S2/c1-12-18(13-6-8-15(23)16(10-13)35(5,31)32)34-20(25-12)26-17(27)9-7-14(19(28)29)11-24-21(30)33-22(2,3)4/h6,8,10,14H,7,9,11H2,1-5H3,(H,24,30)(H,28,29)(H,25,26,27). The van der Waals surface area contributed by atoms with Gasteiger partial charge in [0.15, 0.2) is 15.0 Å². The molecule has 2 amide bonds. The molecule has 13 heteroatoms. The number of aromatic nitrogens is 1. The van der Waals surface area contributed by atoms with Crippen LogP contribution in [0.25, 0.3) is 10.4 Å². The van der Waals surface area contributed by atoms with Crippen LogP contribution < -0.4 is 10.6 Å². The first kappa shape index (κ1) is 28.5. The zero-order valence-electron chi connectivity index (χ0n) is 20.0. The smallest absolute Gasteiger partial charge is 0.407 e. The van der Waals surface area contributed by atoms with E-state index in [1.807, 2.05) is 0 Å². The lowest BCUT2D eigenvalue weighted by Crippen LogP contribution is -2.37. The van der Waals surface area contributed by atoms with Crippen molar-refractivity contribution in [3.8, 4) is 10.4 Å². The summed E-state index contributed by atoms with van der Waals surface area (Å²) in [4.78, 5) is 40.6. The highest BCUT2D eigenvalue weighted by Gasteiger charge is 2.23. The summed E-state index contributed by atoms with van der Waals surface area (Å²) in [5, 5.41) is 14.8. The van der Waals surface area contributed by atoms with E-state index in [0.29, 0.717) is 16.1 Å². The minimum atomic E-state index is -3.53. The van der Waals surface area contributed by atoms with Gasteiger partial charge < -0.3 is 20.5 Å². The van der Waals surface area contributed by atoms with Gasteiger partial charge in [0.25, 0.3) is 0 Å². The lowest BCUT2D eigenvalue weighted by Gasteiger charge is -2.20. The van der Waals surface area contributed by atoms with Gasteiger partial charge in [-0.2, -0.15) is 0 Å². The molecule has 1 aromatic carbocycles. The third-order valence-electron chi connectivity index (χ3n) is 4.60. The van der Waals surface area contributed by atoms with Crippen LogP contribution in [0.3, 0.4) is 0 Å². The molecule has 1 atom stereocenters. The van der Waals surface area contributed by atoms with E-state index in [2.05, 4.69) is 15.6 Å². The summed E-state index contributed by atoms with van der Waals surface area (Å²) in [6, 6.07) is 4.61. The number of halogens is 1. The predicted molar refractivity (Wildman–Crippen MR) is 134 cm³/mol. The van der Waals surface area contributed by atoms with Crippen LogP contribution in [0.2, 0.25) is 5.02 Å². The lowest BCUT2D eigenvalue weighted by atomic mass is 10.0. The van der Waals surface area contributed by atoms with Gasteiger partial charge in [-0.1, -0.05) is 29.0 Å². The number of aryl methyl sites for hydroxylation is 1. The predicted octanol–water partition coefficient (Wildman–Crippen LogP) is 4.12. The second-order valence-electron chi connectivity index (χ2n) is 8.86. The highest BCUT2D eigenvalue weighted by molar-refractivity contribution is 7.90. The maximum absolute atomic E-state index is 12.4. The summed E-state index contributed by atoms with van der Waals surface area (Å²) < 4.78 is 29.0. The van der Waals surface area contributed by atoms with Crippen molar-refractivity contribution in [3.63, 3.8) is 0 Å². The van der Waals surface area contributed by atoms with E-state index in [1.54, 1.807) is 33.8 Å². The van der Waals surface area contributed by atoms with Crippen LogP contribution in [0.5, 0.6) is 0 Å². The lowest BCUT2D eigenvalue weighted by molar-refractivity contribution is -0.141. The molecule has 0 saturated heterocycles. The third kappa shape index (κ3) is 8.79. The molecule has 0 saturated carbocycles. The number of rotatable bonds is 9. The van der Waals surface area contributed by atoms with E-state index in [1.165, 1.54) is 12.1 Å². The first-order valence-corrected chi connectivity index (χ1v) is 13.6. The number of carboxylic acids is 1. The molecule has 0 aliphatic carbocycles. The van der Waals surface area contributed by atoms with Crippen molar-refractivity contribution in [1.82, 2.24) is 10.3 Å². The number of alkyl carbamates (subject to hydrolysis) is 1. The molecule has 2 rings (SSSR count). The highest BCUT2D eigenvalue weighted by Crippen LogP contribution is 2.35. The number of benzene rings is 1. The Balaban J connectivity index is 2.02. The van der Waals surface area contributed by atoms with Gasteiger partial charge in [0.2, 0.25) is 5.91 Å². The van der Waals surface area contributed by atoms with Crippen LogP contribution in [0.4, 0.5) is 9.93 Å². The molecular formula is C22H28ClN3O7S2. The number of carboxylic acid groups (broad SMARTS) is 1. The summed E-state index contributed by atoms with van der Waals surface area (Å²) >= 11 is 7.17. The number of nitrogens with one attached hydrogen (secondary N) is 2. The molecule has 0 radical (unpaired) electrons. The Labute approximate surface area is 213 Å². The molecule has 3 N–H and O–H groups in total. The van der Waals surface area contributed by atoms with Gasteiger partial charge in [-0.15, -0.1) is 0 Å². The van der Waals surface area contributed by atoms with E-state index in [9.17, 15) is 27.9 Å². The zero-order valence-corrected chi connectivity index (χ0v) is 22.4. The maximum Gasteiger partial charge on any atom is 0.407 e. The van der Waals surface area contributed by atoms with E-state index < -0.39 is 39.3 Å². The largest absolute Gasteiger partial charge is 0.481 e. The molecule has 0 aliphatic heterocycles. The molecule has 1 unspecified atom stereocenters. The molecule has 35 heavy (non-hydrogen) atoms. The first-order valence-electron chi connectivity index (χ1n) is 10.5. The van der Waals surface area contributed by atoms with Crippen molar-refractivity contribution < 1.29 is 32.6 Å². The Morgan fingerprint density at radius 3 is 2.49 bits per heavy atom.